The van der Waals surface area contributed by atoms with E-state index < -0.39 is 6.10 Å². The Bertz CT molecular complexity index is 238. The molecule has 0 aromatic rings. The zero-order valence-electron chi connectivity index (χ0n) is 11.3. The highest BCUT2D eigenvalue weighted by atomic mass is 16.5. The van der Waals surface area contributed by atoms with Crippen molar-refractivity contribution in [2.24, 2.45) is 17.8 Å². The first-order chi connectivity index (χ1) is 8.04. The molecule has 3 atom stereocenters. The highest BCUT2D eigenvalue weighted by Gasteiger charge is 2.31. The van der Waals surface area contributed by atoms with E-state index in [2.05, 4.69) is 13.8 Å². The number of rotatable bonds is 6. The van der Waals surface area contributed by atoms with Crippen molar-refractivity contribution in [3.05, 3.63) is 0 Å². The third kappa shape index (κ3) is 4.76. The van der Waals surface area contributed by atoms with Crippen LogP contribution in [0.25, 0.3) is 0 Å². The van der Waals surface area contributed by atoms with Gasteiger partial charge in [-0.15, -0.1) is 0 Å². The summed E-state index contributed by atoms with van der Waals surface area (Å²) < 4.78 is 5.19. The second-order valence-electron chi connectivity index (χ2n) is 5.49. The fourth-order valence-electron chi connectivity index (χ4n) is 2.63. The molecule has 3 nitrogen and oxygen atoms in total. The Kier molecular flexibility index (Phi) is 6.14. The van der Waals surface area contributed by atoms with E-state index in [0.717, 1.165) is 12.8 Å². The van der Waals surface area contributed by atoms with Gasteiger partial charge in [-0.05, 0) is 38.0 Å². The lowest BCUT2D eigenvalue weighted by molar-refractivity contribution is -0.127. The number of aliphatic hydroxyl groups is 1. The average Bonchev–Trinajstić information content (AvgIpc) is 2.29. The van der Waals surface area contributed by atoms with Crippen LogP contribution in [0.2, 0.25) is 0 Å². The topological polar surface area (TPSA) is 46.5 Å². The molecule has 1 fully saturated rings. The van der Waals surface area contributed by atoms with Crippen LogP contribution in [0.1, 0.15) is 46.5 Å². The zero-order valence-corrected chi connectivity index (χ0v) is 11.3. The Morgan fingerprint density at radius 3 is 2.76 bits per heavy atom. The van der Waals surface area contributed by atoms with Gasteiger partial charge < -0.3 is 9.84 Å². The molecule has 0 amide bonds. The number of hydrogen-bond acceptors (Lipinski definition) is 3. The van der Waals surface area contributed by atoms with Crippen molar-refractivity contribution < 1.29 is 14.6 Å². The molecule has 0 aliphatic heterocycles. The lowest BCUT2D eigenvalue weighted by Gasteiger charge is -2.31. The van der Waals surface area contributed by atoms with E-state index in [-0.39, 0.29) is 5.92 Å². The number of carbonyl (C=O) groups excluding carboxylic acids is 1. The standard InChI is InChI=1S/C14H26O3/c1-4-17-9-13(15)8-12-7-11(10(2)3)5-6-14(12)16/h10-13,15H,4-9H2,1-3H3. The maximum absolute atomic E-state index is 11.8. The molecule has 0 aromatic heterocycles. The molecule has 1 saturated carbocycles. The Hall–Kier alpha value is -0.410. The quantitative estimate of drug-likeness (QED) is 0.778. The van der Waals surface area contributed by atoms with Gasteiger partial charge in [0.05, 0.1) is 12.7 Å². The summed E-state index contributed by atoms with van der Waals surface area (Å²) in [4.78, 5) is 11.8. The Morgan fingerprint density at radius 2 is 2.18 bits per heavy atom. The van der Waals surface area contributed by atoms with E-state index in [1.165, 1.54) is 0 Å². The first kappa shape index (κ1) is 14.7. The fraction of sp³-hybridized carbons (Fsp3) is 0.929. The first-order valence-corrected chi connectivity index (χ1v) is 6.83. The van der Waals surface area contributed by atoms with Crippen molar-refractivity contribution in [3.8, 4) is 0 Å². The van der Waals surface area contributed by atoms with Crippen LogP contribution in [0.4, 0.5) is 0 Å². The summed E-state index contributed by atoms with van der Waals surface area (Å²) in [5.41, 5.74) is 0. The minimum atomic E-state index is -0.491. The molecule has 1 rings (SSSR count). The summed E-state index contributed by atoms with van der Waals surface area (Å²) in [5.74, 6) is 1.65. The predicted octanol–water partition coefficient (Wildman–Crippen LogP) is 2.42. The molecule has 0 bridgehead atoms. The molecule has 0 aromatic carbocycles. The number of carbonyl (C=O) groups is 1. The summed E-state index contributed by atoms with van der Waals surface area (Å²) in [6.45, 7) is 7.31. The summed E-state index contributed by atoms with van der Waals surface area (Å²) in [5, 5.41) is 9.80. The molecule has 3 unspecified atom stereocenters. The molecule has 1 N–H and O–H groups in total. The van der Waals surface area contributed by atoms with Crippen LogP contribution < -0.4 is 0 Å². The van der Waals surface area contributed by atoms with Crippen LogP contribution in [-0.2, 0) is 9.53 Å². The second-order valence-corrected chi connectivity index (χ2v) is 5.49. The number of Topliss-reactive ketones (excluding diaryl/α,β-unsaturated/α-hetero) is 1. The highest BCUT2D eigenvalue weighted by molar-refractivity contribution is 5.81. The van der Waals surface area contributed by atoms with Crippen LogP contribution in [0.3, 0.4) is 0 Å². The van der Waals surface area contributed by atoms with E-state index in [4.69, 9.17) is 4.74 Å². The van der Waals surface area contributed by atoms with E-state index in [9.17, 15) is 9.90 Å². The van der Waals surface area contributed by atoms with Gasteiger partial charge in [0.15, 0.2) is 0 Å². The van der Waals surface area contributed by atoms with Crippen LogP contribution in [0.15, 0.2) is 0 Å². The zero-order chi connectivity index (χ0) is 12.8. The highest BCUT2D eigenvalue weighted by Crippen LogP contribution is 2.33. The lowest BCUT2D eigenvalue weighted by Crippen LogP contribution is -2.31. The van der Waals surface area contributed by atoms with Gasteiger partial charge in [-0.3, -0.25) is 4.79 Å². The van der Waals surface area contributed by atoms with Crippen molar-refractivity contribution in [3.63, 3.8) is 0 Å². The maximum atomic E-state index is 11.8. The van der Waals surface area contributed by atoms with E-state index in [0.29, 0.717) is 43.7 Å². The molecule has 0 heterocycles. The first-order valence-electron chi connectivity index (χ1n) is 6.83. The van der Waals surface area contributed by atoms with Crippen molar-refractivity contribution >= 4 is 5.78 Å². The lowest BCUT2D eigenvalue weighted by atomic mass is 9.74. The second kappa shape index (κ2) is 7.12. The minimum Gasteiger partial charge on any atom is -0.391 e. The number of ether oxygens (including phenoxy) is 1. The average molecular weight is 242 g/mol. The Morgan fingerprint density at radius 1 is 1.47 bits per heavy atom. The monoisotopic (exact) mass is 242 g/mol. The largest absolute Gasteiger partial charge is 0.391 e. The smallest absolute Gasteiger partial charge is 0.136 e. The summed E-state index contributed by atoms with van der Waals surface area (Å²) >= 11 is 0. The van der Waals surface area contributed by atoms with E-state index >= 15 is 0 Å². The molecule has 0 saturated heterocycles. The van der Waals surface area contributed by atoms with Crippen molar-refractivity contribution in [2.75, 3.05) is 13.2 Å². The number of hydrogen-bond donors (Lipinski definition) is 1. The molecule has 1 aliphatic carbocycles. The van der Waals surface area contributed by atoms with Crippen molar-refractivity contribution in [1.82, 2.24) is 0 Å². The summed E-state index contributed by atoms with van der Waals surface area (Å²) in [6, 6.07) is 0. The van der Waals surface area contributed by atoms with Gasteiger partial charge >= 0.3 is 0 Å². The van der Waals surface area contributed by atoms with Crippen LogP contribution in [0.5, 0.6) is 0 Å². The van der Waals surface area contributed by atoms with Crippen molar-refractivity contribution in [2.45, 2.75) is 52.6 Å². The maximum Gasteiger partial charge on any atom is 0.136 e. The van der Waals surface area contributed by atoms with E-state index in [1.807, 2.05) is 6.92 Å². The molecule has 0 spiro atoms. The van der Waals surface area contributed by atoms with Gasteiger partial charge in [0, 0.05) is 18.9 Å². The molecule has 100 valence electrons. The van der Waals surface area contributed by atoms with Gasteiger partial charge in [0.25, 0.3) is 0 Å². The third-order valence-electron chi connectivity index (χ3n) is 3.82. The van der Waals surface area contributed by atoms with Crippen LogP contribution >= 0.6 is 0 Å². The molecular weight excluding hydrogens is 216 g/mol. The molecule has 17 heavy (non-hydrogen) atoms. The van der Waals surface area contributed by atoms with E-state index in [1.54, 1.807) is 0 Å². The van der Waals surface area contributed by atoms with Gasteiger partial charge in [0.2, 0.25) is 0 Å². The van der Waals surface area contributed by atoms with Gasteiger partial charge in [-0.2, -0.15) is 0 Å². The predicted molar refractivity (Wildman–Crippen MR) is 67.8 cm³/mol. The van der Waals surface area contributed by atoms with Crippen molar-refractivity contribution in [1.29, 1.82) is 0 Å². The summed E-state index contributed by atoms with van der Waals surface area (Å²) in [6.07, 6.45) is 2.74. The van der Waals surface area contributed by atoms with Crippen LogP contribution in [-0.4, -0.2) is 30.2 Å². The fourth-order valence-corrected chi connectivity index (χ4v) is 2.63. The normalized spacial score (nSPS) is 27.5. The SMILES string of the molecule is CCOCC(O)CC1CC(C(C)C)CCC1=O. The minimum absolute atomic E-state index is 0.0478. The molecule has 3 heteroatoms. The molecule has 0 radical (unpaired) electrons. The van der Waals surface area contributed by atoms with Gasteiger partial charge in [-0.1, -0.05) is 13.8 Å². The van der Waals surface area contributed by atoms with Gasteiger partial charge in [0.1, 0.15) is 5.78 Å². The van der Waals surface area contributed by atoms with Crippen LogP contribution in [0, 0.1) is 17.8 Å². The van der Waals surface area contributed by atoms with Gasteiger partial charge in [-0.25, -0.2) is 0 Å². The third-order valence-corrected chi connectivity index (χ3v) is 3.82. The summed E-state index contributed by atoms with van der Waals surface area (Å²) in [7, 11) is 0. The molecule has 1 aliphatic rings. The number of ketones is 1. The Labute approximate surface area is 105 Å². The number of aliphatic hydroxyl groups excluding tert-OH is 1. The molecular formula is C14H26O3. The Balaban J connectivity index is 2.41.